The molecule has 0 aliphatic carbocycles. The van der Waals surface area contributed by atoms with Crippen molar-refractivity contribution in [3.05, 3.63) is 17.5 Å². The predicted octanol–water partition coefficient (Wildman–Crippen LogP) is 4.08. The van der Waals surface area contributed by atoms with E-state index in [9.17, 15) is 8.78 Å². The highest BCUT2D eigenvalue weighted by molar-refractivity contribution is 9.08. The molecular weight excluding hydrogens is 266 g/mol. The van der Waals surface area contributed by atoms with Gasteiger partial charge in [0.05, 0.1) is 12.2 Å². The lowest BCUT2D eigenvalue weighted by Crippen LogP contribution is -2.13. The van der Waals surface area contributed by atoms with Crippen molar-refractivity contribution >= 4 is 15.9 Å². The molecule has 0 aliphatic rings. The van der Waals surface area contributed by atoms with Gasteiger partial charge in [-0.2, -0.15) is 5.10 Å². The molecule has 0 radical (unpaired) electrons. The van der Waals surface area contributed by atoms with Crippen LogP contribution in [-0.4, -0.2) is 9.78 Å². The second kappa shape index (κ2) is 5.58. The Morgan fingerprint density at radius 3 is 2.40 bits per heavy atom. The zero-order valence-corrected chi connectivity index (χ0v) is 10.5. The molecule has 0 atom stereocenters. The lowest BCUT2D eigenvalue weighted by Gasteiger charge is -2.16. The minimum absolute atomic E-state index is 0.0561. The van der Waals surface area contributed by atoms with Crippen LogP contribution in [0, 0.1) is 0 Å². The number of aromatic nitrogens is 2. The smallest absolute Gasteiger partial charge is 0.260 e. The van der Waals surface area contributed by atoms with Gasteiger partial charge in [-0.25, -0.2) is 8.78 Å². The number of rotatable bonds is 5. The van der Waals surface area contributed by atoms with E-state index in [1.165, 1.54) is 10.9 Å². The van der Waals surface area contributed by atoms with Crippen molar-refractivity contribution in [1.82, 2.24) is 9.78 Å². The van der Waals surface area contributed by atoms with E-state index in [2.05, 4.69) is 21.0 Å². The van der Waals surface area contributed by atoms with Crippen LogP contribution in [0.1, 0.15) is 50.4 Å². The molecule has 0 N–H and O–H groups in total. The van der Waals surface area contributed by atoms with Gasteiger partial charge in [0.1, 0.15) is 5.69 Å². The molecule has 0 fully saturated rings. The van der Waals surface area contributed by atoms with Crippen LogP contribution in [0.15, 0.2) is 6.20 Å². The SMILES string of the molecule is CCC(CC)n1ncc(CBr)c1C(F)F. The predicted molar refractivity (Wildman–Crippen MR) is 59.4 cm³/mol. The van der Waals surface area contributed by atoms with E-state index in [1.54, 1.807) is 0 Å². The van der Waals surface area contributed by atoms with Crippen LogP contribution in [-0.2, 0) is 5.33 Å². The molecule has 15 heavy (non-hydrogen) atoms. The van der Waals surface area contributed by atoms with Gasteiger partial charge in [-0.3, -0.25) is 4.68 Å². The second-order valence-electron chi connectivity index (χ2n) is 3.40. The second-order valence-corrected chi connectivity index (χ2v) is 3.96. The van der Waals surface area contributed by atoms with Crippen molar-refractivity contribution in [1.29, 1.82) is 0 Å². The Balaban J connectivity index is 3.11. The van der Waals surface area contributed by atoms with E-state index in [0.717, 1.165) is 12.8 Å². The van der Waals surface area contributed by atoms with E-state index < -0.39 is 6.43 Å². The molecule has 86 valence electrons. The fourth-order valence-corrected chi connectivity index (χ4v) is 2.11. The molecule has 0 aromatic carbocycles. The van der Waals surface area contributed by atoms with Crippen LogP contribution in [0.3, 0.4) is 0 Å². The van der Waals surface area contributed by atoms with Gasteiger partial charge in [-0.05, 0) is 12.8 Å². The highest BCUT2D eigenvalue weighted by Gasteiger charge is 2.22. The maximum absolute atomic E-state index is 12.9. The largest absolute Gasteiger partial charge is 0.280 e. The first-order valence-electron chi connectivity index (χ1n) is 5.06. The van der Waals surface area contributed by atoms with Crippen molar-refractivity contribution in [3.8, 4) is 0 Å². The first-order chi connectivity index (χ1) is 7.15. The van der Waals surface area contributed by atoms with E-state index in [-0.39, 0.29) is 11.7 Å². The Morgan fingerprint density at radius 1 is 1.40 bits per heavy atom. The lowest BCUT2D eigenvalue weighted by molar-refractivity contribution is 0.134. The zero-order valence-electron chi connectivity index (χ0n) is 8.88. The van der Waals surface area contributed by atoms with Gasteiger partial charge in [-0.1, -0.05) is 29.8 Å². The molecule has 0 saturated carbocycles. The first kappa shape index (κ1) is 12.6. The van der Waals surface area contributed by atoms with Crippen LogP contribution in [0.2, 0.25) is 0 Å². The zero-order chi connectivity index (χ0) is 11.4. The maximum atomic E-state index is 12.9. The summed E-state index contributed by atoms with van der Waals surface area (Å²) in [4.78, 5) is 0. The normalized spacial score (nSPS) is 11.7. The number of hydrogen-bond donors (Lipinski definition) is 0. The van der Waals surface area contributed by atoms with Crippen LogP contribution in [0.4, 0.5) is 8.78 Å². The highest BCUT2D eigenvalue weighted by Crippen LogP contribution is 2.29. The molecule has 0 saturated heterocycles. The van der Waals surface area contributed by atoms with Crippen LogP contribution in [0.25, 0.3) is 0 Å². The minimum atomic E-state index is -2.46. The minimum Gasteiger partial charge on any atom is -0.260 e. The summed E-state index contributed by atoms with van der Waals surface area (Å²) in [6, 6.07) is 0.0711. The van der Waals surface area contributed by atoms with Gasteiger partial charge in [0.15, 0.2) is 0 Å². The quantitative estimate of drug-likeness (QED) is 0.744. The average Bonchev–Trinajstić information content (AvgIpc) is 2.63. The number of nitrogens with zero attached hydrogens (tertiary/aromatic N) is 2. The number of alkyl halides is 3. The van der Waals surface area contributed by atoms with Gasteiger partial charge in [0.2, 0.25) is 0 Å². The van der Waals surface area contributed by atoms with Crippen LogP contribution in [0.5, 0.6) is 0 Å². The van der Waals surface area contributed by atoms with E-state index in [1.807, 2.05) is 13.8 Å². The fraction of sp³-hybridized carbons (Fsp3) is 0.700. The van der Waals surface area contributed by atoms with Gasteiger partial charge in [0, 0.05) is 10.9 Å². The molecule has 1 heterocycles. The molecule has 0 amide bonds. The summed E-state index contributed by atoms with van der Waals surface area (Å²) >= 11 is 3.20. The molecule has 1 aromatic heterocycles. The Kier molecular flexibility index (Phi) is 4.70. The third-order valence-corrected chi connectivity index (χ3v) is 3.16. The summed E-state index contributed by atoms with van der Waals surface area (Å²) in [7, 11) is 0. The van der Waals surface area contributed by atoms with Crippen LogP contribution >= 0.6 is 15.9 Å². The molecule has 1 rings (SSSR count). The van der Waals surface area contributed by atoms with E-state index >= 15 is 0 Å². The Hall–Kier alpha value is -0.450. The highest BCUT2D eigenvalue weighted by atomic mass is 79.9. The third-order valence-electron chi connectivity index (χ3n) is 2.55. The van der Waals surface area contributed by atoms with Gasteiger partial charge >= 0.3 is 0 Å². The molecule has 5 heteroatoms. The Morgan fingerprint density at radius 2 is 2.00 bits per heavy atom. The van der Waals surface area contributed by atoms with Gasteiger partial charge in [0.25, 0.3) is 6.43 Å². The summed E-state index contributed by atoms with van der Waals surface area (Å²) in [5.41, 5.74) is 0.637. The number of hydrogen-bond acceptors (Lipinski definition) is 1. The number of halogens is 3. The average molecular weight is 281 g/mol. The molecule has 2 nitrogen and oxygen atoms in total. The maximum Gasteiger partial charge on any atom is 0.280 e. The Labute approximate surface area is 96.8 Å². The summed E-state index contributed by atoms with van der Waals surface area (Å²) in [6.45, 7) is 3.97. The van der Waals surface area contributed by atoms with Crippen molar-refractivity contribution in [2.24, 2.45) is 0 Å². The van der Waals surface area contributed by atoms with Crippen molar-refractivity contribution in [3.63, 3.8) is 0 Å². The van der Waals surface area contributed by atoms with Gasteiger partial charge in [-0.15, -0.1) is 0 Å². The van der Waals surface area contributed by atoms with Crippen molar-refractivity contribution in [2.45, 2.75) is 44.5 Å². The molecule has 0 bridgehead atoms. The first-order valence-corrected chi connectivity index (χ1v) is 6.18. The van der Waals surface area contributed by atoms with Gasteiger partial charge < -0.3 is 0 Å². The Bertz CT molecular complexity index is 308. The molecule has 0 unspecified atom stereocenters. The summed E-state index contributed by atoms with van der Waals surface area (Å²) in [5, 5.41) is 4.48. The lowest BCUT2D eigenvalue weighted by atomic mass is 10.1. The summed E-state index contributed by atoms with van der Waals surface area (Å²) < 4.78 is 27.2. The summed E-state index contributed by atoms with van der Waals surface area (Å²) in [6.07, 6.45) is 0.703. The molecule has 0 spiro atoms. The van der Waals surface area contributed by atoms with E-state index in [4.69, 9.17) is 0 Å². The van der Waals surface area contributed by atoms with Crippen LogP contribution < -0.4 is 0 Å². The van der Waals surface area contributed by atoms with Crippen molar-refractivity contribution < 1.29 is 8.78 Å². The molecular formula is C10H15BrF2N2. The van der Waals surface area contributed by atoms with E-state index in [0.29, 0.717) is 10.9 Å². The topological polar surface area (TPSA) is 17.8 Å². The fourth-order valence-electron chi connectivity index (χ4n) is 1.68. The molecule has 0 aliphatic heterocycles. The third kappa shape index (κ3) is 2.56. The monoisotopic (exact) mass is 280 g/mol. The summed E-state index contributed by atoms with van der Waals surface area (Å²) in [5.74, 6) is 0. The van der Waals surface area contributed by atoms with Crippen molar-refractivity contribution in [2.75, 3.05) is 0 Å². The molecule has 1 aromatic rings. The standard InChI is InChI=1S/C10H15BrF2N2/c1-3-8(4-2)15-9(10(12)13)7(5-11)6-14-15/h6,8,10H,3-5H2,1-2H3.